The predicted molar refractivity (Wildman–Crippen MR) is 99.3 cm³/mol. The van der Waals surface area contributed by atoms with Crippen molar-refractivity contribution in [2.45, 2.75) is 25.1 Å². The lowest BCUT2D eigenvalue weighted by molar-refractivity contribution is -0.161. The van der Waals surface area contributed by atoms with Gasteiger partial charge in [0.2, 0.25) is 5.91 Å². The van der Waals surface area contributed by atoms with E-state index in [4.69, 9.17) is 21.7 Å². The first-order valence-electron chi connectivity index (χ1n) is 8.46. The average Bonchev–Trinajstić information content (AvgIpc) is 2.57. The number of para-hydroxylation sites is 1. The number of nitrogens with one attached hydrogen (secondary N) is 1. The first-order chi connectivity index (χ1) is 11.9. The largest absolute Gasteiger partial charge is 0.467 e. The Morgan fingerprint density at radius 2 is 2.16 bits per heavy atom. The molecule has 6 nitrogen and oxygen atoms in total. The Bertz CT molecular complexity index is 681. The van der Waals surface area contributed by atoms with Crippen molar-refractivity contribution < 1.29 is 14.3 Å². The Morgan fingerprint density at radius 1 is 1.44 bits per heavy atom. The van der Waals surface area contributed by atoms with E-state index in [1.54, 1.807) is 26.1 Å². The van der Waals surface area contributed by atoms with E-state index in [0.717, 1.165) is 17.7 Å². The predicted octanol–water partition coefficient (Wildman–Crippen LogP) is 1.77. The molecule has 1 saturated heterocycles. The SMILES string of the molecule is COCCCN1C(=S)N[C@H]2c3ccccc3O[C@@]1(C)[C@@H]2C(=O)N(C)C. The molecule has 0 unspecified atom stereocenters. The van der Waals surface area contributed by atoms with E-state index in [9.17, 15) is 4.79 Å². The molecule has 1 amide bonds. The van der Waals surface area contributed by atoms with Crippen molar-refractivity contribution in [2.75, 3.05) is 34.4 Å². The number of carbonyl (C=O) groups excluding carboxylic acids is 1. The van der Waals surface area contributed by atoms with Gasteiger partial charge in [0, 0.05) is 39.9 Å². The molecule has 7 heteroatoms. The highest BCUT2D eigenvalue weighted by Crippen LogP contribution is 2.48. The molecule has 0 radical (unpaired) electrons. The number of hydrogen-bond donors (Lipinski definition) is 1. The smallest absolute Gasteiger partial charge is 0.233 e. The number of carbonyl (C=O) groups is 1. The summed E-state index contributed by atoms with van der Waals surface area (Å²) in [5, 5.41) is 3.99. The van der Waals surface area contributed by atoms with E-state index in [1.165, 1.54) is 0 Å². The van der Waals surface area contributed by atoms with Crippen LogP contribution >= 0.6 is 12.2 Å². The molecule has 1 N–H and O–H groups in total. The van der Waals surface area contributed by atoms with Gasteiger partial charge in [-0.2, -0.15) is 0 Å². The molecule has 25 heavy (non-hydrogen) atoms. The lowest BCUT2D eigenvalue weighted by Crippen LogP contribution is -2.72. The molecule has 1 fully saturated rings. The molecule has 2 aliphatic rings. The summed E-state index contributed by atoms with van der Waals surface area (Å²) in [6.45, 7) is 3.24. The quantitative estimate of drug-likeness (QED) is 0.636. The third-order valence-corrected chi connectivity index (χ3v) is 5.32. The molecule has 0 spiro atoms. The van der Waals surface area contributed by atoms with Crippen molar-refractivity contribution >= 4 is 23.2 Å². The maximum Gasteiger partial charge on any atom is 0.233 e. The van der Waals surface area contributed by atoms with Gasteiger partial charge in [0.1, 0.15) is 11.7 Å². The summed E-state index contributed by atoms with van der Waals surface area (Å²) >= 11 is 5.61. The number of rotatable bonds is 5. The van der Waals surface area contributed by atoms with Crippen molar-refractivity contribution in [3.63, 3.8) is 0 Å². The monoisotopic (exact) mass is 363 g/mol. The Hall–Kier alpha value is -1.86. The fraction of sp³-hybridized carbons (Fsp3) is 0.556. The van der Waals surface area contributed by atoms with Crippen molar-refractivity contribution in [1.82, 2.24) is 15.1 Å². The van der Waals surface area contributed by atoms with Crippen molar-refractivity contribution in [1.29, 1.82) is 0 Å². The Labute approximate surface area is 154 Å². The second-order valence-electron chi connectivity index (χ2n) is 6.83. The molecular weight excluding hydrogens is 338 g/mol. The van der Waals surface area contributed by atoms with E-state index in [-0.39, 0.29) is 11.9 Å². The van der Waals surface area contributed by atoms with E-state index in [1.807, 2.05) is 36.1 Å². The molecule has 0 aliphatic carbocycles. The van der Waals surface area contributed by atoms with Crippen LogP contribution in [0.15, 0.2) is 24.3 Å². The highest BCUT2D eigenvalue weighted by atomic mass is 32.1. The summed E-state index contributed by atoms with van der Waals surface area (Å²) in [5.74, 6) is 0.421. The summed E-state index contributed by atoms with van der Waals surface area (Å²) in [7, 11) is 5.22. The van der Waals surface area contributed by atoms with Gasteiger partial charge in [0.25, 0.3) is 0 Å². The second-order valence-corrected chi connectivity index (χ2v) is 7.22. The summed E-state index contributed by atoms with van der Waals surface area (Å²) < 4.78 is 11.6. The van der Waals surface area contributed by atoms with Gasteiger partial charge < -0.3 is 24.6 Å². The van der Waals surface area contributed by atoms with Crippen LogP contribution in [0.4, 0.5) is 0 Å². The molecule has 0 saturated carbocycles. The van der Waals surface area contributed by atoms with E-state index < -0.39 is 11.6 Å². The lowest BCUT2D eigenvalue weighted by Gasteiger charge is -2.56. The third kappa shape index (κ3) is 2.95. The topological polar surface area (TPSA) is 54.0 Å². The van der Waals surface area contributed by atoms with E-state index in [0.29, 0.717) is 18.3 Å². The number of amides is 1. The number of methoxy groups -OCH3 is 1. The van der Waals surface area contributed by atoms with Gasteiger partial charge in [-0.3, -0.25) is 4.79 Å². The highest BCUT2D eigenvalue weighted by Gasteiger charge is 2.58. The molecule has 2 aliphatic heterocycles. The van der Waals surface area contributed by atoms with Gasteiger partial charge in [0.05, 0.1) is 6.04 Å². The molecule has 1 aromatic rings. The molecule has 1 aromatic carbocycles. The Balaban J connectivity index is 2.05. The van der Waals surface area contributed by atoms with Crippen molar-refractivity contribution in [3.05, 3.63) is 29.8 Å². The minimum Gasteiger partial charge on any atom is -0.467 e. The van der Waals surface area contributed by atoms with Crippen LogP contribution in [-0.2, 0) is 9.53 Å². The number of benzene rings is 1. The first kappa shape index (κ1) is 17.9. The van der Waals surface area contributed by atoms with E-state index >= 15 is 0 Å². The van der Waals surface area contributed by atoms with Crippen LogP contribution in [0.25, 0.3) is 0 Å². The Kier molecular flexibility index (Phi) is 4.88. The standard InChI is InChI=1S/C18H25N3O3S/c1-18-14(16(22)20(2)3)15(12-8-5-6-9-13(12)24-18)19-17(25)21(18)10-7-11-23-4/h5-6,8-9,14-15H,7,10-11H2,1-4H3,(H,19,25)/t14-,15-,18-/m0/s1. The van der Waals surface area contributed by atoms with Crippen LogP contribution in [-0.4, -0.2) is 60.9 Å². The maximum absolute atomic E-state index is 13.0. The van der Waals surface area contributed by atoms with Crippen LogP contribution in [0.2, 0.25) is 0 Å². The number of ether oxygens (including phenoxy) is 2. The number of nitrogens with zero attached hydrogens (tertiary/aromatic N) is 2. The zero-order chi connectivity index (χ0) is 18.2. The molecule has 3 atom stereocenters. The number of fused-ring (bicyclic) bond motifs is 4. The molecule has 0 aromatic heterocycles. The third-order valence-electron chi connectivity index (χ3n) is 4.98. The fourth-order valence-corrected chi connectivity index (χ4v) is 4.14. The lowest BCUT2D eigenvalue weighted by atomic mass is 9.78. The van der Waals surface area contributed by atoms with Gasteiger partial charge in [-0.1, -0.05) is 18.2 Å². The zero-order valence-electron chi connectivity index (χ0n) is 15.1. The van der Waals surface area contributed by atoms with Crippen molar-refractivity contribution in [2.24, 2.45) is 5.92 Å². The van der Waals surface area contributed by atoms with Crippen LogP contribution < -0.4 is 10.1 Å². The van der Waals surface area contributed by atoms with Gasteiger partial charge in [0.15, 0.2) is 10.8 Å². The van der Waals surface area contributed by atoms with Gasteiger partial charge in [-0.25, -0.2) is 0 Å². The average molecular weight is 363 g/mol. The molecular formula is C18H25N3O3S. The first-order valence-corrected chi connectivity index (χ1v) is 8.87. The van der Waals surface area contributed by atoms with Crippen LogP contribution in [0.3, 0.4) is 0 Å². The number of thiocarbonyl (C=S) groups is 1. The van der Waals surface area contributed by atoms with Crippen LogP contribution in [0.1, 0.15) is 24.9 Å². The van der Waals surface area contributed by atoms with Gasteiger partial charge in [-0.05, 0) is 31.6 Å². The normalized spacial score (nSPS) is 27.2. The summed E-state index contributed by atoms with van der Waals surface area (Å²) in [6.07, 6.45) is 0.798. The van der Waals surface area contributed by atoms with Crippen LogP contribution in [0.5, 0.6) is 5.75 Å². The second kappa shape index (κ2) is 6.80. The Morgan fingerprint density at radius 3 is 2.84 bits per heavy atom. The molecule has 3 rings (SSSR count). The summed E-state index contributed by atoms with van der Waals surface area (Å²) in [5.41, 5.74) is 0.135. The molecule has 2 heterocycles. The van der Waals surface area contributed by atoms with Crippen molar-refractivity contribution in [3.8, 4) is 5.75 Å². The van der Waals surface area contributed by atoms with Crippen LogP contribution in [0, 0.1) is 5.92 Å². The fourth-order valence-electron chi connectivity index (χ4n) is 3.74. The molecule has 136 valence electrons. The number of hydrogen-bond acceptors (Lipinski definition) is 4. The molecule has 2 bridgehead atoms. The minimum absolute atomic E-state index is 0.0220. The van der Waals surface area contributed by atoms with E-state index in [2.05, 4.69) is 5.32 Å². The maximum atomic E-state index is 13.0. The minimum atomic E-state index is -0.837. The van der Waals surface area contributed by atoms with Gasteiger partial charge >= 0.3 is 0 Å². The summed E-state index contributed by atoms with van der Waals surface area (Å²) in [4.78, 5) is 16.6. The highest BCUT2D eigenvalue weighted by molar-refractivity contribution is 7.80. The summed E-state index contributed by atoms with van der Waals surface area (Å²) in [6, 6.07) is 7.64. The van der Waals surface area contributed by atoms with Gasteiger partial charge in [-0.15, -0.1) is 0 Å². The zero-order valence-corrected chi connectivity index (χ0v) is 15.9.